The van der Waals surface area contributed by atoms with Crippen molar-refractivity contribution in [2.75, 3.05) is 5.32 Å². The van der Waals surface area contributed by atoms with Crippen LogP contribution >= 0.6 is 39.0 Å². The molecule has 0 saturated heterocycles. The van der Waals surface area contributed by atoms with Gasteiger partial charge in [-0.15, -0.1) is 10.2 Å². The van der Waals surface area contributed by atoms with Crippen molar-refractivity contribution in [1.29, 1.82) is 0 Å². The molecule has 1 amide bonds. The molecule has 0 spiro atoms. The summed E-state index contributed by atoms with van der Waals surface area (Å²) >= 11 is 5.66. The number of carbonyl (C=O) groups is 1. The quantitative estimate of drug-likeness (QED) is 0.113. The van der Waals surface area contributed by atoms with Crippen LogP contribution < -0.4 is 10.7 Å². The number of aromatic nitrogens is 3. The number of nitrogens with zero attached hydrogens (tertiary/aromatic N) is 5. The Morgan fingerprint density at radius 2 is 1.94 bits per heavy atom. The molecule has 1 atom stereocenters. The zero-order valence-corrected chi connectivity index (χ0v) is 22.1. The number of nitro groups is 1. The molecule has 184 valence electrons. The van der Waals surface area contributed by atoms with Crippen molar-refractivity contribution >= 4 is 61.8 Å². The molecule has 36 heavy (non-hydrogen) atoms. The van der Waals surface area contributed by atoms with Gasteiger partial charge in [0, 0.05) is 21.9 Å². The Morgan fingerprint density at radius 1 is 1.19 bits per heavy atom. The molecule has 0 fully saturated rings. The van der Waals surface area contributed by atoms with Crippen molar-refractivity contribution in [1.82, 2.24) is 20.2 Å². The monoisotopic (exact) mass is 585 g/mol. The van der Waals surface area contributed by atoms with Crippen LogP contribution in [-0.4, -0.2) is 37.1 Å². The van der Waals surface area contributed by atoms with Crippen molar-refractivity contribution in [3.05, 3.63) is 92.0 Å². The van der Waals surface area contributed by atoms with Crippen molar-refractivity contribution in [2.24, 2.45) is 5.10 Å². The summed E-state index contributed by atoms with van der Waals surface area (Å²) in [6.45, 7) is 2.18. The van der Waals surface area contributed by atoms with Gasteiger partial charge in [0.05, 0.1) is 27.8 Å². The molecule has 0 aliphatic heterocycles. The standard InChI is InChI=1S/C23H20BrN7O3S2/c1-15(22(32)28-26-13-19-11-12-21(36-19)31(33)34)35-23-29-27-20(30(23)18-5-3-2-4-6-18)14-25-17-9-7-16(24)8-10-17/h2-13,15,25H,14H2,1H3,(H,28,32)/b26-13-/t15-/m0/s1. The SMILES string of the molecule is C[C@H](Sc1nnc(CNc2ccc(Br)cc2)n1-c1ccccc1)C(=O)N/N=C\c1ccc([N+](=O)[O-])s1. The van der Waals surface area contributed by atoms with Crippen LogP contribution in [-0.2, 0) is 11.3 Å². The Balaban J connectivity index is 1.45. The van der Waals surface area contributed by atoms with Gasteiger partial charge in [-0.3, -0.25) is 19.5 Å². The summed E-state index contributed by atoms with van der Waals surface area (Å²) < 4.78 is 2.90. The number of nitrogens with one attached hydrogen (secondary N) is 2. The molecule has 2 N–H and O–H groups in total. The maximum atomic E-state index is 12.6. The van der Waals surface area contributed by atoms with Gasteiger partial charge < -0.3 is 5.32 Å². The highest BCUT2D eigenvalue weighted by atomic mass is 79.9. The highest BCUT2D eigenvalue weighted by Crippen LogP contribution is 2.27. The first-order valence-corrected chi connectivity index (χ1v) is 13.1. The Morgan fingerprint density at radius 3 is 2.64 bits per heavy atom. The molecule has 4 rings (SSSR count). The van der Waals surface area contributed by atoms with E-state index in [4.69, 9.17) is 0 Å². The fraction of sp³-hybridized carbons (Fsp3) is 0.130. The first-order chi connectivity index (χ1) is 17.4. The second-order valence-corrected chi connectivity index (χ2v) is 10.7. The van der Waals surface area contributed by atoms with E-state index < -0.39 is 10.2 Å². The molecule has 0 unspecified atom stereocenters. The summed E-state index contributed by atoms with van der Waals surface area (Å²) in [6, 6.07) is 20.5. The van der Waals surface area contributed by atoms with Crippen LogP contribution in [0.25, 0.3) is 5.69 Å². The zero-order valence-electron chi connectivity index (χ0n) is 18.9. The minimum Gasteiger partial charge on any atom is -0.378 e. The predicted molar refractivity (Wildman–Crippen MR) is 145 cm³/mol. The summed E-state index contributed by atoms with van der Waals surface area (Å²) in [6.07, 6.45) is 1.38. The fourth-order valence-corrected chi connectivity index (χ4v) is 4.89. The molecule has 10 nitrogen and oxygen atoms in total. The fourth-order valence-electron chi connectivity index (χ4n) is 3.05. The lowest BCUT2D eigenvalue weighted by Gasteiger charge is -2.13. The van der Waals surface area contributed by atoms with E-state index in [1.54, 1.807) is 13.0 Å². The third-order valence-corrected chi connectivity index (χ3v) is 7.36. The molecule has 0 aliphatic carbocycles. The van der Waals surface area contributed by atoms with Gasteiger partial charge in [-0.25, -0.2) is 5.43 Å². The molecule has 0 radical (unpaired) electrons. The minimum atomic E-state index is -0.529. The van der Waals surface area contributed by atoms with Gasteiger partial charge >= 0.3 is 5.00 Å². The average Bonchev–Trinajstić information content (AvgIpc) is 3.51. The van der Waals surface area contributed by atoms with Gasteiger partial charge in [0.15, 0.2) is 11.0 Å². The highest BCUT2D eigenvalue weighted by molar-refractivity contribution is 9.10. The number of benzene rings is 2. The lowest BCUT2D eigenvalue weighted by molar-refractivity contribution is -0.380. The predicted octanol–water partition coefficient (Wildman–Crippen LogP) is 5.24. The Bertz CT molecular complexity index is 1370. The Hall–Kier alpha value is -3.55. The third-order valence-electron chi connectivity index (χ3n) is 4.82. The number of para-hydroxylation sites is 1. The number of thiophene rings is 1. The highest BCUT2D eigenvalue weighted by Gasteiger charge is 2.21. The number of thioether (sulfide) groups is 1. The maximum Gasteiger partial charge on any atom is 0.324 e. The molecule has 2 aromatic heterocycles. The van der Waals surface area contributed by atoms with E-state index in [0.717, 1.165) is 27.2 Å². The second-order valence-electron chi connectivity index (χ2n) is 7.36. The average molecular weight is 586 g/mol. The molecule has 2 heterocycles. The number of hydrogen-bond acceptors (Lipinski definition) is 9. The molecule has 0 aliphatic rings. The van der Waals surface area contributed by atoms with E-state index in [1.807, 2.05) is 59.2 Å². The molecule has 4 aromatic rings. The van der Waals surface area contributed by atoms with Crippen molar-refractivity contribution in [3.63, 3.8) is 0 Å². The van der Waals surface area contributed by atoms with E-state index in [0.29, 0.717) is 22.4 Å². The van der Waals surface area contributed by atoms with Gasteiger partial charge in [-0.1, -0.05) is 57.2 Å². The summed E-state index contributed by atoms with van der Waals surface area (Å²) in [5, 5.41) is 26.8. The summed E-state index contributed by atoms with van der Waals surface area (Å²) in [4.78, 5) is 23.5. The van der Waals surface area contributed by atoms with E-state index >= 15 is 0 Å². The molecule has 2 aromatic carbocycles. The molecule has 0 saturated carbocycles. The number of amides is 1. The third kappa shape index (κ3) is 6.56. The van der Waals surface area contributed by atoms with Crippen molar-refractivity contribution in [3.8, 4) is 5.69 Å². The van der Waals surface area contributed by atoms with Gasteiger partial charge in [0.1, 0.15) is 0 Å². The summed E-state index contributed by atoms with van der Waals surface area (Å²) in [7, 11) is 0. The van der Waals surface area contributed by atoms with Crippen LogP contribution in [0.1, 0.15) is 17.6 Å². The van der Waals surface area contributed by atoms with E-state index in [1.165, 1.54) is 24.0 Å². The van der Waals surface area contributed by atoms with Crippen molar-refractivity contribution in [2.45, 2.75) is 23.9 Å². The van der Waals surface area contributed by atoms with Gasteiger partial charge in [0.2, 0.25) is 0 Å². The van der Waals surface area contributed by atoms with Gasteiger partial charge in [0.25, 0.3) is 5.91 Å². The maximum absolute atomic E-state index is 12.6. The van der Waals surface area contributed by atoms with Crippen LogP contribution in [0.4, 0.5) is 10.7 Å². The number of anilines is 1. The normalized spacial score (nSPS) is 11.9. The molecule has 13 heteroatoms. The van der Waals surface area contributed by atoms with E-state index in [2.05, 4.69) is 42.0 Å². The molecular weight excluding hydrogens is 566 g/mol. The Labute approximate surface area is 223 Å². The summed E-state index contributed by atoms with van der Waals surface area (Å²) in [5.74, 6) is 0.357. The van der Waals surface area contributed by atoms with Crippen LogP contribution in [0.2, 0.25) is 0 Å². The molecule has 0 bridgehead atoms. The first-order valence-electron chi connectivity index (χ1n) is 10.6. The number of carbonyl (C=O) groups excluding carboxylic acids is 1. The minimum absolute atomic E-state index is 0.0115. The van der Waals surface area contributed by atoms with Gasteiger partial charge in [-0.05, 0) is 49.4 Å². The number of hydrogen-bond donors (Lipinski definition) is 2. The second kappa shape index (κ2) is 11.9. The zero-order chi connectivity index (χ0) is 25.5. The van der Waals surface area contributed by atoms with E-state index in [9.17, 15) is 14.9 Å². The Kier molecular flexibility index (Phi) is 8.46. The summed E-state index contributed by atoms with van der Waals surface area (Å²) in [5.41, 5.74) is 4.30. The van der Waals surface area contributed by atoms with Crippen LogP contribution in [0.5, 0.6) is 0 Å². The smallest absolute Gasteiger partial charge is 0.324 e. The first kappa shape index (κ1) is 25.5. The van der Waals surface area contributed by atoms with Crippen LogP contribution in [0.15, 0.2) is 81.5 Å². The number of rotatable bonds is 10. The topological polar surface area (TPSA) is 127 Å². The van der Waals surface area contributed by atoms with Crippen LogP contribution in [0.3, 0.4) is 0 Å². The largest absolute Gasteiger partial charge is 0.378 e. The lowest BCUT2D eigenvalue weighted by Crippen LogP contribution is -2.27. The molecular formula is C23H20BrN7O3S2. The van der Waals surface area contributed by atoms with Gasteiger partial charge in [-0.2, -0.15) is 5.10 Å². The lowest BCUT2D eigenvalue weighted by atomic mass is 10.3. The van der Waals surface area contributed by atoms with Crippen LogP contribution in [0, 0.1) is 10.1 Å². The van der Waals surface area contributed by atoms with Crippen molar-refractivity contribution < 1.29 is 9.72 Å². The number of hydrazone groups is 1. The number of halogens is 1. The van der Waals surface area contributed by atoms with E-state index in [-0.39, 0.29) is 10.9 Å².